The molecule has 16 heavy (non-hydrogen) atoms. The van der Waals surface area contributed by atoms with Crippen molar-refractivity contribution in [2.75, 3.05) is 0 Å². The number of pyridine rings is 1. The zero-order valence-corrected chi connectivity index (χ0v) is 10.4. The second-order valence-corrected chi connectivity index (χ2v) is 5.82. The van der Waals surface area contributed by atoms with E-state index >= 15 is 0 Å². The summed E-state index contributed by atoms with van der Waals surface area (Å²) < 4.78 is 25.7. The minimum absolute atomic E-state index is 0.0396. The standard InChI is InChI=1S/C9H13N3O2S2/c1-7(9(10)15)16(13,14)12-6-8-2-4-11-5-3-8/h2-5,7,12H,6H2,1H3,(H2,10,15). The van der Waals surface area contributed by atoms with E-state index in [-0.39, 0.29) is 11.5 Å². The monoisotopic (exact) mass is 259 g/mol. The maximum absolute atomic E-state index is 11.7. The van der Waals surface area contributed by atoms with E-state index in [0.29, 0.717) is 0 Å². The lowest BCUT2D eigenvalue weighted by atomic mass is 10.3. The molecule has 5 nitrogen and oxygen atoms in total. The zero-order valence-electron chi connectivity index (χ0n) is 8.75. The number of aromatic nitrogens is 1. The van der Waals surface area contributed by atoms with Gasteiger partial charge in [-0.15, -0.1) is 0 Å². The average molecular weight is 259 g/mol. The Morgan fingerprint density at radius 3 is 2.62 bits per heavy atom. The van der Waals surface area contributed by atoms with E-state index < -0.39 is 15.3 Å². The van der Waals surface area contributed by atoms with Crippen LogP contribution in [0.15, 0.2) is 24.5 Å². The van der Waals surface area contributed by atoms with Gasteiger partial charge in [0.2, 0.25) is 10.0 Å². The summed E-state index contributed by atoms with van der Waals surface area (Å²) in [6, 6.07) is 3.46. The van der Waals surface area contributed by atoms with Gasteiger partial charge >= 0.3 is 0 Å². The number of hydrogen-bond acceptors (Lipinski definition) is 4. The molecule has 1 rings (SSSR count). The van der Waals surface area contributed by atoms with Crippen molar-refractivity contribution in [1.29, 1.82) is 0 Å². The third-order valence-electron chi connectivity index (χ3n) is 2.09. The van der Waals surface area contributed by atoms with Gasteiger partial charge in [0, 0.05) is 18.9 Å². The number of nitrogens with zero attached hydrogens (tertiary/aromatic N) is 1. The molecule has 0 aliphatic rings. The van der Waals surface area contributed by atoms with Crippen LogP contribution in [0.3, 0.4) is 0 Å². The van der Waals surface area contributed by atoms with Crippen molar-refractivity contribution < 1.29 is 8.42 Å². The maximum Gasteiger partial charge on any atom is 0.221 e. The summed E-state index contributed by atoms with van der Waals surface area (Å²) >= 11 is 4.65. The lowest BCUT2D eigenvalue weighted by molar-refractivity contribution is 0.578. The van der Waals surface area contributed by atoms with Crippen LogP contribution in [-0.4, -0.2) is 23.6 Å². The van der Waals surface area contributed by atoms with Gasteiger partial charge < -0.3 is 5.73 Å². The predicted octanol–water partition coefficient (Wildman–Crippen LogP) is 0.176. The fourth-order valence-corrected chi connectivity index (χ4v) is 2.27. The molecule has 0 radical (unpaired) electrons. The molecule has 0 saturated carbocycles. The summed E-state index contributed by atoms with van der Waals surface area (Å²) in [5.41, 5.74) is 6.12. The van der Waals surface area contributed by atoms with E-state index in [0.717, 1.165) is 5.56 Å². The normalized spacial score (nSPS) is 13.3. The molecule has 0 aliphatic heterocycles. The molecule has 1 unspecified atom stereocenters. The Morgan fingerprint density at radius 1 is 1.56 bits per heavy atom. The van der Waals surface area contributed by atoms with Crippen LogP contribution in [0.5, 0.6) is 0 Å². The average Bonchev–Trinajstić information content (AvgIpc) is 2.27. The minimum atomic E-state index is -3.49. The second kappa shape index (κ2) is 5.33. The number of hydrogen-bond donors (Lipinski definition) is 2. The SMILES string of the molecule is CC(C(N)=S)S(=O)(=O)NCc1ccncc1. The van der Waals surface area contributed by atoms with Crippen molar-refractivity contribution in [1.82, 2.24) is 9.71 Å². The Hall–Kier alpha value is -1.05. The summed E-state index contributed by atoms with van der Waals surface area (Å²) in [6.45, 7) is 1.66. The highest BCUT2D eigenvalue weighted by Gasteiger charge is 2.22. The fourth-order valence-electron chi connectivity index (χ4n) is 0.962. The van der Waals surface area contributed by atoms with Crippen LogP contribution in [0.4, 0.5) is 0 Å². The number of nitrogens with one attached hydrogen (secondary N) is 1. The molecular weight excluding hydrogens is 246 g/mol. The highest BCUT2D eigenvalue weighted by Crippen LogP contribution is 2.02. The molecule has 1 atom stereocenters. The molecule has 88 valence electrons. The maximum atomic E-state index is 11.7. The molecule has 0 saturated heterocycles. The van der Waals surface area contributed by atoms with E-state index in [9.17, 15) is 8.42 Å². The number of nitrogens with two attached hydrogens (primary N) is 1. The van der Waals surface area contributed by atoms with E-state index in [1.165, 1.54) is 6.92 Å². The largest absolute Gasteiger partial charge is 0.392 e. The lowest BCUT2D eigenvalue weighted by Gasteiger charge is -2.12. The number of rotatable bonds is 5. The first-order valence-electron chi connectivity index (χ1n) is 4.60. The van der Waals surface area contributed by atoms with E-state index in [1.54, 1.807) is 24.5 Å². The molecule has 1 aromatic rings. The Morgan fingerprint density at radius 2 is 2.12 bits per heavy atom. The first kappa shape index (κ1) is 13.0. The van der Waals surface area contributed by atoms with Gasteiger partial charge in [0.05, 0.1) is 4.99 Å². The van der Waals surface area contributed by atoms with Gasteiger partial charge in [0.15, 0.2) is 0 Å². The first-order chi connectivity index (χ1) is 7.43. The van der Waals surface area contributed by atoms with E-state index in [1.807, 2.05) is 0 Å². The van der Waals surface area contributed by atoms with Gasteiger partial charge in [-0.2, -0.15) is 0 Å². The molecule has 0 aromatic carbocycles. The van der Waals surface area contributed by atoms with Crippen LogP contribution < -0.4 is 10.5 Å². The van der Waals surface area contributed by atoms with Gasteiger partial charge in [-0.25, -0.2) is 13.1 Å². The summed E-state index contributed by atoms with van der Waals surface area (Å²) in [7, 11) is -3.49. The van der Waals surface area contributed by atoms with Gasteiger partial charge in [-0.05, 0) is 24.6 Å². The molecule has 0 bridgehead atoms. The van der Waals surface area contributed by atoms with E-state index in [2.05, 4.69) is 21.9 Å². The predicted molar refractivity (Wildman–Crippen MR) is 66.2 cm³/mol. The van der Waals surface area contributed by atoms with Crippen molar-refractivity contribution >= 4 is 27.2 Å². The van der Waals surface area contributed by atoms with Crippen molar-refractivity contribution in [3.63, 3.8) is 0 Å². The molecule has 0 fully saturated rings. The van der Waals surface area contributed by atoms with Crippen LogP contribution in [-0.2, 0) is 16.6 Å². The minimum Gasteiger partial charge on any atom is -0.392 e. The van der Waals surface area contributed by atoms with Gasteiger partial charge in [0.1, 0.15) is 5.25 Å². The summed E-state index contributed by atoms with van der Waals surface area (Å²) in [4.78, 5) is 3.80. The second-order valence-electron chi connectivity index (χ2n) is 3.27. The van der Waals surface area contributed by atoms with Crippen LogP contribution in [0, 0.1) is 0 Å². The molecule has 0 spiro atoms. The third-order valence-corrected chi connectivity index (χ3v) is 4.33. The van der Waals surface area contributed by atoms with Gasteiger partial charge in [-0.1, -0.05) is 12.2 Å². The number of sulfonamides is 1. The summed E-state index contributed by atoms with van der Waals surface area (Å²) in [5, 5.41) is -0.871. The third kappa shape index (κ3) is 3.51. The fraction of sp³-hybridized carbons (Fsp3) is 0.333. The Balaban J connectivity index is 2.65. The summed E-state index contributed by atoms with van der Waals surface area (Å²) in [6.07, 6.45) is 3.20. The van der Waals surface area contributed by atoms with Crippen molar-refractivity contribution in [2.45, 2.75) is 18.7 Å². The Labute approximate surface area is 100 Å². The molecule has 0 aliphatic carbocycles. The first-order valence-corrected chi connectivity index (χ1v) is 6.55. The Kier molecular flexibility index (Phi) is 4.34. The van der Waals surface area contributed by atoms with Crippen LogP contribution in [0.25, 0.3) is 0 Å². The van der Waals surface area contributed by atoms with Crippen LogP contribution in [0.2, 0.25) is 0 Å². The topological polar surface area (TPSA) is 85.1 Å². The van der Waals surface area contributed by atoms with Crippen molar-refractivity contribution in [3.05, 3.63) is 30.1 Å². The van der Waals surface area contributed by atoms with Crippen LogP contribution >= 0.6 is 12.2 Å². The molecule has 7 heteroatoms. The zero-order chi connectivity index (χ0) is 12.2. The summed E-state index contributed by atoms with van der Waals surface area (Å²) in [5.74, 6) is 0. The smallest absolute Gasteiger partial charge is 0.221 e. The van der Waals surface area contributed by atoms with Crippen molar-refractivity contribution in [2.24, 2.45) is 5.73 Å². The molecule has 1 heterocycles. The highest BCUT2D eigenvalue weighted by atomic mass is 32.2. The van der Waals surface area contributed by atoms with Crippen LogP contribution in [0.1, 0.15) is 12.5 Å². The van der Waals surface area contributed by atoms with Crippen molar-refractivity contribution in [3.8, 4) is 0 Å². The van der Waals surface area contributed by atoms with Gasteiger partial charge in [0.25, 0.3) is 0 Å². The van der Waals surface area contributed by atoms with E-state index in [4.69, 9.17) is 5.73 Å². The highest BCUT2D eigenvalue weighted by molar-refractivity contribution is 7.93. The number of thiocarbonyl (C=S) groups is 1. The molecule has 3 N–H and O–H groups in total. The Bertz CT molecular complexity index is 459. The molecule has 1 aromatic heterocycles. The molecular formula is C9H13N3O2S2. The molecule has 0 amide bonds. The van der Waals surface area contributed by atoms with Gasteiger partial charge in [-0.3, -0.25) is 4.98 Å². The quantitative estimate of drug-likeness (QED) is 0.737. The lowest BCUT2D eigenvalue weighted by Crippen LogP contribution is -2.39.